The molecule has 1 fully saturated rings. The Hall–Kier alpha value is -1.08. The van der Waals surface area contributed by atoms with Crippen LogP contribution in [0.1, 0.15) is 55.4 Å². The van der Waals surface area contributed by atoms with E-state index in [9.17, 15) is 0 Å². The lowest BCUT2D eigenvalue weighted by molar-refractivity contribution is -0.0481. The Morgan fingerprint density at radius 1 is 1.10 bits per heavy atom. The van der Waals surface area contributed by atoms with Crippen molar-refractivity contribution in [2.24, 2.45) is 5.92 Å². The molecule has 1 heterocycles. The summed E-state index contributed by atoms with van der Waals surface area (Å²) in [5.41, 5.74) is 5.40. The topological polar surface area (TPSA) is 9.23 Å². The second-order valence-corrected chi connectivity index (χ2v) is 6.56. The summed E-state index contributed by atoms with van der Waals surface area (Å²) >= 11 is 0. The van der Waals surface area contributed by atoms with Crippen molar-refractivity contribution in [3.63, 3.8) is 0 Å². The minimum absolute atomic E-state index is 0.288. The molecule has 2 rings (SSSR count). The Labute approximate surface area is 124 Å². The normalized spacial score (nSPS) is 23.7. The van der Waals surface area contributed by atoms with Gasteiger partial charge in [0.05, 0.1) is 12.2 Å². The first-order valence-electron chi connectivity index (χ1n) is 7.89. The average molecular weight is 272 g/mol. The molecule has 1 nitrogen and oxygen atoms in total. The minimum Gasteiger partial charge on any atom is -0.371 e. The summed E-state index contributed by atoms with van der Waals surface area (Å²) in [6.07, 6.45) is 8.89. The highest BCUT2D eigenvalue weighted by atomic mass is 16.5. The van der Waals surface area contributed by atoms with Gasteiger partial charge in [0.2, 0.25) is 0 Å². The fourth-order valence-corrected chi connectivity index (χ4v) is 3.17. The van der Waals surface area contributed by atoms with Gasteiger partial charge in [-0.05, 0) is 62.6 Å². The average Bonchev–Trinajstić information content (AvgIpc) is 2.37. The molecule has 0 aromatic heterocycles. The standard InChI is InChI=1S/C19H28O/c1-13(2)19-8-6-7-17(20-19)9-10-18-15(4)11-14(3)12-16(18)5/h9-13,17,19H,6-8H2,1-5H3/b10-9-/t17-,19+/m1/s1. The number of hydrogen-bond acceptors (Lipinski definition) is 1. The van der Waals surface area contributed by atoms with Crippen LogP contribution in [0.5, 0.6) is 0 Å². The van der Waals surface area contributed by atoms with Gasteiger partial charge in [0, 0.05) is 0 Å². The maximum atomic E-state index is 6.19. The van der Waals surface area contributed by atoms with Crippen LogP contribution in [-0.4, -0.2) is 12.2 Å². The molecular formula is C19H28O. The van der Waals surface area contributed by atoms with Gasteiger partial charge >= 0.3 is 0 Å². The molecule has 0 N–H and O–H groups in total. The number of hydrogen-bond donors (Lipinski definition) is 0. The Bertz CT molecular complexity index is 462. The van der Waals surface area contributed by atoms with E-state index in [-0.39, 0.29) is 6.10 Å². The smallest absolute Gasteiger partial charge is 0.0763 e. The molecular weight excluding hydrogens is 244 g/mol. The molecule has 0 spiro atoms. The van der Waals surface area contributed by atoms with Crippen molar-refractivity contribution in [1.82, 2.24) is 0 Å². The van der Waals surface area contributed by atoms with Crippen molar-refractivity contribution in [3.8, 4) is 0 Å². The molecule has 1 aromatic rings. The van der Waals surface area contributed by atoms with E-state index in [0.29, 0.717) is 12.0 Å². The predicted octanol–water partition coefficient (Wildman–Crippen LogP) is 5.22. The number of aryl methyl sites for hydroxylation is 3. The van der Waals surface area contributed by atoms with E-state index in [1.807, 2.05) is 0 Å². The molecule has 0 amide bonds. The van der Waals surface area contributed by atoms with Gasteiger partial charge in [0.25, 0.3) is 0 Å². The van der Waals surface area contributed by atoms with Gasteiger partial charge in [-0.15, -0.1) is 0 Å². The summed E-state index contributed by atoms with van der Waals surface area (Å²) in [5, 5.41) is 0. The van der Waals surface area contributed by atoms with E-state index < -0.39 is 0 Å². The van der Waals surface area contributed by atoms with Crippen LogP contribution in [0, 0.1) is 26.7 Å². The third-order valence-corrected chi connectivity index (χ3v) is 4.29. The van der Waals surface area contributed by atoms with Crippen LogP contribution in [0.15, 0.2) is 18.2 Å². The zero-order chi connectivity index (χ0) is 14.7. The molecule has 0 bridgehead atoms. The fourth-order valence-electron chi connectivity index (χ4n) is 3.17. The van der Waals surface area contributed by atoms with Gasteiger partial charge in [-0.3, -0.25) is 0 Å². The van der Waals surface area contributed by atoms with Crippen molar-refractivity contribution >= 4 is 6.08 Å². The number of rotatable bonds is 3. The molecule has 1 saturated heterocycles. The number of benzene rings is 1. The monoisotopic (exact) mass is 272 g/mol. The molecule has 0 aliphatic carbocycles. The van der Waals surface area contributed by atoms with Gasteiger partial charge in [0.1, 0.15) is 0 Å². The van der Waals surface area contributed by atoms with E-state index >= 15 is 0 Å². The molecule has 20 heavy (non-hydrogen) atoms. The largest absolute Gasteiger partial charge is 0.371 e. The quantitative estimate of drug-likeness (QED) is 0.733. The molecule has 2 atom stereocenters. The van der Waals surface area contributed by atoms with Crippen molar-refractivity contribution in [2.45, 2.75) is 66.1 Å². The van der Waals surface area contributed by atoms with E-state index in [4.69, 9.17) is 4.74 Å². The molecule has 0 unspecified atom stereocenters. The van der Waals surface area contributed by atoms with Crippen LogP contribution in [0.4, 0.5) is 0 Å². The Balaban J connectivity index is 2.09. The fraction of sp³-hybridized carbons (Fsp3) is 0.579. The maximum absolute atomic E-state index is 6.19. The van der Waals surface area contributed by atoms with Crippen molar-refractivity contribution in [1.29, 1.82) is 0 Å². The zero-order valence-corrected chi connectivity index (χ0v) is 13.6. The summed E-state index contributed by atoms with van der Waals surface area (Å²) in [6.45, 7) is 11.1. The highest BCUT2D eigenvalue weighted by molar-refractivity contribution is 5.58. The van der Waals surface area contributed by atoms with Crippen molar-refractivity contribution < 1.29 is 4.74 Å². The Kier molecular flexibility index (Phi) is 5.04. The summed E-state index contributed by atoms with van der Waals surface area (Å²) in [4.78, 5) is 0. The third-order valence-electron chi connectivity index (χ3n) is 4.29. The van der Waals surface area contributed by atoms with E-state index in [2.05, 4.69) is 58.9 Å². The highest BCUT2D eigenvalue weighted by Crippen LogP contribution is 2.26. The van der Waals surface area contributed by atoms with E-state index in [1.165, 1.54) is 35.1 Å². The van der Waals surface area contributed by atoms with Crippen LogP contribution in [-0.2, 0) is 4.74 Å². The first kappa shape index (κ1) is 15.3. The second kappa shape index (κ2) is 6.58. The molecule has 110 valence electrons. The van der Waals surface area contributed by atoms with Crippen LogP contribution in [0.3, 0.4) is 0 Å². The third kappa shape index (κ3) is 3.73. The SMILES string of the molecule is Cc1cc(C)c(/C=C\[C@H]2CCC[C@@H](C(C)C)O2)c(C)c1. The van der Waals surface area contributed by atoms with Gasteiger partial charge in [-0.25, -0.2) is 0 Å². The number of ether oxygens (including phenoxy) is 1. The molecule has 1 aromatic carbocycles. The van der Waals surface area contributed by atoms with Gasteiger partial charge in [-0.2, -0.15) is 0 Å². The van der Waals surface area contributed by atoms with Crippen molar-refractivity contribution in [2.75, 3.05) is 0 Å². The van der Waals surface area contributed by atoms with Crippen LogP contribution in [0.2, 0.25) is 0 Å². The molecule has 0 saturated carbocycles. The van der Waals surface area contributed by atoms with Crippen LogP contribution >= 0.6 is 0 Å². The summed E-state index contributed by atoms with van der Waals surface area (Å²) in [5.74, 6) is 0.619. The van der Waals surface area contributed by atoms with Gasteiger partial charge in [-0.1, -0.05) is 43.7 Å². The first-order chi connectivity index (χ1) is 9.47. The lowest BCUT2D eigenvalue weighted by Crippen LogP contribution is -2.30. The molecule has 1 heteroatoms. The predicted molar refractivity (Wildman–Crippen MR) is 87.0 cm³/mol. The molecule has 1 aliphatic heterocycles. The minimum atomic E-state index is 0.288. The first-order valence-corrected chi connectivity index (χ1v) is 7.89. The Morgan fingerprint density at radius 3 is 2.35 bits per heavy atom. The second-order valence-electron chi connectivity index (χ2n) is 6.56. The van der Waals surface area contributed by atoms with E-state index in [1.54, 1.807) is 0 Å². The van der Waals surface area contributed by atoms with Gasteiger partial charge < -0.3 is 4.74 Å². The van der Waals surface area contributed by atoms with Gasteiger partial charge in [0.15, 0.2) is 0 Å². The lowest BCUT2D eigenvalue weighted by Gasteiger charge is -2.31. The summed E-state index contributed by atoms with van der Waals surface area (Å²) in [6, 6.07) is 4.51. The molecule has 0 radical (unpaired) electrons. The summed E-state index contributed by atoms with van der Waals surface area (Å²) < 4.78 is 6.19. The van der Waals surface area contributed by atoms with Crippen molar-refractivity contribution in [3.05, 3.63) is 40.5 Å². The zero-order valence-electron chi connectivity index (χ0n) is 13.6. The molecule has 1 aliphatic rings. The maximum Gasteiger partial charge on any atom is 0.0763 e. The Morgan fingerprint density at radius 2 is 1.75 bits per heavy atom. The van der Waals surface area contributed by atoms with Crippen LogP contribution in [0.25, 0.3) is 6.08 Å². The van der Waals surface area contributed by atoms with E-state index in [0.717, 1.165) is 6.42 Å². The highest BCUT2D eigenvalue weighted by Gasteiger charge is 2.22. The summed E-state index contributed by atoms with van der Waals surface area (Å²) in [7, 11) is 0. The van der Waals surface area contributed by atoms with Crippen LogP contribution < -0.4 is 0 Å². The lowest BCUT2D eigenvalue weighted by atomic mass is 9.95.